The summed E-state index contributed by atoms with van der Waals surface area (Å²) in [6, 6.07) is 3.78. The second-order valence-corrected chi connectivity index (χ2v) is 4.34. The molecular formula is C13H18FN3O2. The van der Waals surface area contributed by atoms with Crippen LogP contribution in [0.3, 0.4) is 0 Å². The highest BCUT2D eigenvalue weighted by atomic mass is 19.1. The zero-order chi connectivity index (χ0) is 14.4. The van der Waals surface area contributed by atoms with Crippen molar-refractivity contribution in [2.75, 3.05) is 27.2 Å². The summed E-state index contributed by atoms with van der Waals surface area (Å²) in [5.74, 6) is -0.649. The van der Waals surface area contributed by atoms with Crippen LogP contribution in [-0.2, 0) is 0 Å². The summed E-state index contributed by atoms with van der Waals surface area (Å²) in [5.41, 5.74) is 1.01. The van der Waals surface area contributed by atoms with Crippen LogP contribution in [0.25, 0.3) is 0 Å². The van der Waals surface area contributed by atoms with Crippen molar-refractivity contribution < 1.29 is 14.0 Å². The number of carbonyl (C=O) groups excluding carboxylic acids is 2. The van der Waals surface area contributed by atoms with Crippen LogP contribution in [-0.4, -0.2) is 44.0 Å². The third-order valence-electron chi connectivity index (χ3n) is 2.53. The summed E-state index contributed by atoms with van der Waals surface area (Å²) in [5, 5.41) is 5.28. The molecule has 1 aromatic carbocycles. The summed E-state index contributed by atoms with van der Waals surface area (Å²) in [4.78, 5) is 24.4. The minimum Gasteiger partial charge on any atom is -0.350 e. The molecule has 0 aliphatic rings. The Kier molecular flexibility index (Phi) is 5.29. The second kappa shape index (κ2) is 6.72. The molecule has 1 aromatic rings. The molecule has 5 nitrogen and oxygen atoms in total. The maximum Gasteiger partial charge on any atom is 0.316 e. The molecule has 0 heterocycles. The molecule has 0 aliphatic carbocycles. The van der Waals surface area contributed by atoms with Crippen molar-refractivity contribution in [1.29, 1.82) is 0 Å². The standard InChI is InChI=1S/C13H18FN3O2/c1-9-8-10(14)4-5-11(9)12(18)15-6-7-16-13(19)17(2)3/h4-5,8H,6-7H2,1-3H3,(H,15,18)(H,16,19). The highest BCUT2D eigenvalue weighted by Crippen LogP contribution is 2.09. The lowest BCUT2D eigenvalue weighted by atomic mass is 10.1. The predicted molar refractivity (Wildman–Crippen MR) is 70.6 cm³/mol. The molecule has 0 unspecified atom stereocenters. The fourth-order valence-electron chi connectivity index (χ4n) is 1.48. The first-order valence-electron chi connectivity index (χ1n) is 5.91. The number of urea groups is 1. The molecule has 104 valence electrons. The van der Waals surface area contributed by atoms with Crippen molar-refractivity contribution in [2.45, 2.75) is 6.92 Å². The Balaban J connectivity index is 2.41. The average Bonchev–Trinajstić information content (AvgIpc) is 2.33. The summed E-state index contributed by atoms with van der Waals surface area (Å²) in [7, 11) is 3.27. The van der Waals surface area contributed by atoms with Crippen LogP contribution in [0.1, 0.15) is 15.9 Å². The van der Waals surface area contributed by atoms with Gasteiger partial charge in [-0.05, 0) is 30.7 Å². The fraction of sp³-hybridized carbons (Fsp3) is 0.385. The maximum atomic E-state index is 12.9. The molecule has 0 radical (unpaired) electrons. The largest absolute Gasteiger partial charge is 0.350 e. The van der Waals surface area contributed by atoms with Gasteiger partial charge in [0.25, 0.3) is 5.91 Å². The van der Waals surface area contributed by atoms with Crippen LogP contribution in [0.15, 0.2) is 18.2 Å². The zero-order valence-electron chi connectivity index (χ0n) is 11.3. The SMILES string of the molecule is Cc1cc(F)ccc1C(=O)NCCNC(=O)N(C)C. The molecule has 19 heavy (non-hydrogen) atoms. The first-order chi connectivity index (χ1) is 8.91. The Morgan fingerprint density at radius 2 is 1.84 bits per heavy atom. The predicted octanol–water partition coefficient (Wildman–Crippen LogP) is 1.14. The van der Waals surface area contributed by atoms with Crippen molar-refractivity contribution in [3.63, 3.8) is 0 Å². The van der Waals surface area contributed by atoms with Crippen molar-refractivity contribution >= 4 is 11.9 Å². The van der Waals surface area contributed by atoms with Crippen molar-refractivity contribution in [3.8, 4) is 0 Å². The van der Waals surface area contributed by atoms with Gasteiger partial charge in [-0.1, -0.05) is 0 Å². The molecule has 0 fully saturated rings. The van der Waals surface area contributed by atoms with E-state index in [9.17, 15) is 14.0 Å². The van der Waals surface area contributed by atoms with E-state index in [1.54, 1.807) is 21.0 Å². The van der Waals surface area contributed by atoms with E-state index < -0.39 is 0 Å². The van der Waals surface area contributed by atoms with Crippen LogP contribution in [0, 0.1) is 12.7 Å². The van der Waals surface area contributed by atoms with Crippen LogP contribution in [0.5, 0.6) is 0 Å². The van der Waals surface area contributed by atoms with Gasteiger partial charge in [0, 0.05) is 32.7 Å². The van der Waals surface area contributed by atoms with Gasteiger partial charge >= 0.3 is 6.03 Å². The Hall–Kier alpha value is -2.11. The summed E-state index contributed by atoms with van der Waals surface area (Å²) >= 11 is 0. The number of amides is 3. The van der Waals surface area contributed by atoms with Gasteiger partial charge in [0.15, 0.2) is 0 Å². The van der Waals surface area contributed by atoms with Gasteiger partial charge in [-0.2, -0.15) is 0 Å². The van der Waals surface area contributed by atoms with E-state index in [0.717, 1.165) is 0 Å². The summed E-state index contributed by atoms with van der Waals surface area (Å²) in [6.45, 7) is 2.32. The molecule has 1 rings (SSSR count). The molecule has 3 amide bonds. The van der Waals surface area contributed by atoms with Crippen LogP contribution in [0.2, 0.25) is 0 Å². The van der Waals surface area contributed by atoms with Gasteiger partial charge in [0.2, 0.25) is 0 Å². The maximum absolute atomic E-state index is 12.9. The molecule has 0 bridgehead atoms. The number of aryl methyl sites for hydroxylation is 1. The third-order valence-corrected chi connectivity index (χ3v) is 2.53. The lowest BCUT2D eigenvalue weighted by Gasteiger charge is -2.12. The fourth-order valence-corrected chi connectivity index (χ4v) is 1.48. The molecule has 0 spiro atoms. The number of carbonyl (C=O) groups is 2. The minimum absolute atomic E-state index is 0.216. The Morgan fingerprint density at radius 3 is 2.42 bits per heavy atom. The van der Waals surface area contributed by atoms with Crippen molar-refractivity contribution in [3.05, 3.63) is 35.1 Å². The quantitative estimate of drug-likeness (QED) is 0.803. The molecule has 0 aliphatic heterocycles. The van der Waals surface area contributed by atoms with E-state index >= 15 is 0 Å². The number of nitrogens with one attached hydrogen (secondary N) is 2. The minimum atomic E-state index is -0.368. The number of benzene rings is 1. The van der Waals surface area contributed by atoms with Gasteiger partial charge in [-0.3, -0.25) is 4.79 Å². The first kappa shape index (κ1) is 14.9. The van der Waals surface area contributed by atoms with E-state index in [1.165, 1.54) is 23.1 Å². The second-order valence-electron chi connectivity index (χ2n) is 4.34. The third kappa shape index (κ3) is 4.57. The van der Waals surface area contributed by atoms with E-state index in [1.807, 2.05) is 0 Å². The number of rotatable bonds is 4. The Morgan fingerprint density at radius 1 is 1.21 bits per heavy atom. The lowest BCUT2D eigenvalue weighted by Crippen LogP contribution is -2.39. The van der Waals surface area contributed by atoms with E-state index in [2.05, 4.69) is 10.6 Å². The number of nitrogens with zero attached hydrogens (tertiary/aromatic N) is 1. The van der Waals surface area contributed by atoms with Gasteiger partial charge < -0.3 is 15.5 Å². The van der Waals surface area contributed by atoms with Crippen molar-refractivity contribution in [1.82, 2.24) is 15.5 Å². The summed E-state index contributed by atoms with van der Waals surface area (Å²) in [6.07, 6.45) is 0. The highest BCUT2D eigenvalue weighted by Gasteiger charge is 2.09. The molecule has 0 saturated heterocycles. The van der Waals surface area contributed by atoms with E-state index in [0.29, 0.717) is 24.2 Å². The first-order valence-corrected chi connectivity index (χ1v) is 5.91. The van der Waals surface area contributed by atoms with Crippen LogP contribution < -0.4 is 10.6 Å². The van der Waals surface area contributed by atoms with Gasteiger partial charge in [0.1, 0.15) is 5.82 Å². The molecule has 0 atom stereocenters. The molecule has 6 heteroatoms. The Bertz CT molecular complexity index is 475. The molecule has 0 aromatic heterocycles. The van der Waals surface area contributed by atoms with Crippen molar-refractivity contribution in [2.24, 2.45) is 0 Å². The van der Waals surface area contributed by atoms with Crippen LogP contribution in [0.4, 0.5) is 9.18 Å². The topological polar surface area (TPSA) is 61.4 Å². The number of hydrogen-bond donors (Lipinski definition) is 2. The monoisotopic (exact) mass is 267 g/mol. The van der Waals surface area contributed by atoms with Gasteiger partial charge in [0.05, 0.1) is 0 Å². The average molecular weight is 267 g/mol. The molecule has 2 N–H and O–H groups in total. The zero-order valence-corrected chi connectivity index (χ0v) is 11.3. The van der Waals surface area contributed by atoms with Gasteiger partial charge in [-0.25, -0.2) is 9.18 Å². The summed E-state index contributed by atoms with van der Waals surface area (Å²) < 4.78 is 12.9. The Labute approximate surface area is 111 Å². The molecular weight excluding hydrogens is 249 g/mol. The van der Waals surface area contributed by atoms with E-state index in [-0.39, 0.29) is 17.8 Å². The normalized spacial score (nSPS) is 9.89. The van der Waals surface area contributed by atoms with E-state index in [4.69, 9.17) is 0 Å². The molecule has 0 saturated carbocycles. The lowest BCUT2D eigenvalue weighted by molar-refractivity contribution is 0.0953. The number of halogens is 1. The van der Waals surface area contributed by atoms with Crippen LogP contribution >= 0.6 is 0 Å². The van der Waals surface area contributed by atoms with Gasteiger partial charge in [-0.15, -0.1) is 0 Å². The smallest absolute Gasteiger partial charge is 0.316 e. The number of hydrogen-bond acceptors (Lipinski definition) is 2. The highest BCUT2D eigenvalue weighted by molar-refractivity contribution is 5.95.